The Balaban J connectivity index is 1.77. The van der Waals surface area contributed by atoms with Crippen LogP contribution in [0.1, 0.15) is 19.8 Å². The van der Waals surface area contributed by atoms with Crippen LogP contribution in [0, 0.1) is 11.3 Å². The molecule has 0 radical (unpaired) electrons. The number of nitrogens with zero attached hydrogens (tertiary/aromatic N) is 4. The van der Waals surface area contributed by atoms with Gasteiger partial charge in [0.25, 0.3) is 0 Å². The smallest absolute Gasteiger partial charge is 0.224 e. The van der Waals surface area contributed by atoms with Crippen molar-refractivity contribution in [2.45, 2.75) is 19.8 Å². The largest absolute Gasteiger partial charge is 0.368 e. The molecule has 1 saturated carbocycles. The molecule has 94 valence electrons. The molecule has 1 saturated heterocycles. The molecule has 1 aliphatic heterocycles. The van der Waals surface area contributed by atoms with E-state index in [1.165, 1.54) is 12.8 Å². The number of anilines is 2. The lowest BCUT2D eigenvalue weighted by atomic mass is 10.0. The second-order valence-electron chi connectivity index (χ2n) is 5.50. The highest BCUT2D eigenvalue weighted by Crippen LogP contribution is 2.60. The summed E-state index contributed by atoms with van der Waals surface area (Å²) < 4.78 is 0. The number of imidazole rings is 1. The first kappa shape index (κ1) is 10.1. The summed E-state index contributed by atoms with van der Waals surface area (Å²) in [4.78, 5) is 18.1. The number of rotatable bonds is 2. The molecule has 18 heavy (non-hydrogen) atoms. The van der Waals surface area contributed by atoms with Gasteiger partial charge >= 0.3 is 0 Å². The summed E-state index contributed by atoms with van der Waals surface area (Å²) in [5.74, 6) is 2.04. The lowest BCUT2D eigenvalue weighted by Gasteiger charge is -2.21. The van der Waals surface area contributed by atoms with Crippen molar-refractivity contribution < 1.29 is 0 Å². The predicted octanol–water partition coefficient (Wildman–Crippen LogP) is 1.17. The summed E-state index contributed by atoms with van der Waals surface area (Å²) in [6.07, 6.45) is 4.27. The molecule has 2 unspecified atom stereocenters. The van der Waals surface area contributed by atoms with Crippen LogP contribution < -0.4 is 10.6 Å². The molecule has 6 nitrogen and oxygen atoms in total. The SMILES string of the molecule is CCC12CC1CN(c1nc(N)nc3nc[nH]c13)C2. The molecule has 4 rings (SSSR count). The van der Waals surface area contributed by atoms with E-state index < -0.39 is 0 Å². The molecule has 2 fully saturated rings. The topological polar surface area (TPSA) is 83.7 Å². The maximum Gasteiger partial charge on any atom is 0.224 e. The summed E-state index contributed by atoms with van der Waals surface area (Å²) in [6, 6.07) is 0. The van der Waals surface area contributed by atoms with Crippen LogP contribution >= 0.6 is 0 Å². The van der Waals surface area contributed by atoms with Crippen LogP contribution in [0.3, 0.4) is 0 Å². The Hall–Kier alpha value is -1.85. The van der Waals surface area contributed by atoms with E-state index in [-0.39, 0.29) is 0 Å². The first-order valence-corrected chi connectivity index (χ1v) is 6.43. The van der Waals surface area contributed by atoms with Crippen molar-refractivity contribution in [3.63, 3.8) is 0 Å². The third-order valence-corrected chi connectivity index (χ3v) is 4.59. The van der Waals surface area contributed by atoms with Gasteiger partial charge in [0.05, 0.1) is 6.33 Å². The van der Waals surface area contributed by atoms with E-state index in [4.69, 9.17) is 5.73 Å². The maximum absolute atomic E-state index is 5.76. The van der Waals surface area contributed by atoms with Gasteiger partial charge in [-0.25, -0.2) is 4.98 Å². The highest BCUT2D eigenvalue weighted by Gasteiger charge is 2.58. The average molecular weight is 244 g/mol. The minimum atomic E-state index is 0.302. The van der Waals surface area contributed by atoms with Gasteiger partial charge < -0.3 is 15.6 Å². The zero-order valence-corrected chi connectivity index (χ0v) is 10.3. The summed E-state index contributed by atoms with van der Waals surface area (Å²) in [5, 5.41) is 0. The molecule has 2 aliphatic rings. The number of fused-ring (bicyclic) bond motifs is 2. The minimum Gasteiger partial charge on any atom is -0.368 e. The molecule has 1 aliphatic carbocycles. The van der Waals surface area contributed by atoms with Crippen LogP contribution in [0.2, 0.25) is 0 Å². The second-order valence-corrected chi connectivity index (χ2v) is 5.50. The Morgan fingerprint density at radius 3 is 3.22 bits per heavy atom. The van der Waals surface area contributed by atoms with Gasteiger partial charge in [0, 0.05) is 13.1 Å². The standard InChI is InChI=1S/C12H16N6/c1-2-12-3-7(12)4-18(5-12)10-8-9(15-6-14-8)16-11(13)17-10/h6-7H,2-5H2,1H3,(H3,13,14,15,16,17). The molecule has 3 N–H and O–H groups in total. The molecular weight excluding hydrogens is 228 g/mol. The molecule has 0 bridgehead atoms. The Labute approximate surface area is 105 Å². The number of aromatic amines is 1. The third kappa shape index (κ3) is 1.20. The van der Waals surface area contributed by atoms with Gasteiger partial charge in [-0.3, -0.25) is 0 Å². The lowest BCUT2D eigenvalue weighted by Crippen LogP contribution is -2.26. The maximum atomic E-state index is 5.76. The van der Waals surface area contributed by atoms with E-state index >= 15 is 0 Å². The number of aromatic nitrogens is 4. The number of hydrogen-bond acceptors (Lipinski definition) is 5. The molecule has 0 aromatic carbocycles. The number of nitrogens with one attached hydrogen (secondary N) is 1. The van der Waals surface area contributed by atoms with Gasteiger partial charge in [-0.1, -0.05) is 6.92 Å². The number of nitrogen functional groups attached to an aromatic ring is 1. The number of piperidine rings is 1. The van der Waals surface area contributed by atoms with E-state index in [9.17, 15) is 0 Å². The molecule has 6 heteroatoms. The van der Waals surface area contributed by atoms with E-state index in [2.05, 4.69) is 31.8 Å². The van der Waals surface area contributed by atoms with Crippen LogP contribution in [0.5, 0.6) is 0 Å². The van der Waals surface area contributed by atoms with Crippen molar-refractivity contribution in [3.05, 3.63) is 6.33 Å². The molecule has 0 spiro atoms. The first-order chi connectivity index (χ1) is 8.72. The van der Waals surface area contributed by atoms with Gasteiger partial charge in [-0.05, 0) is 24.2 Å². The lowest BCUT2D eigenvalue weighted by molar-refractivity contribution is 0.509. The molecule has 0 amide bonds. The monoisotopic (exact) mass is 244 g/mol. The van der Waals surface area contributed by atoms with Crippen molar-refractivity contribution in [1.82, 2.24) is 19.9 Å². The number of H-pyrrole nitrogens is 1. The Morgan fingerprint density at radius 2 is 2.44 bits per heavy atom. The zero-order chi connectivity index (χ0) is 12.3. The van der Waals surface area contributed by atoms with Gasteiger partial charge in [0.15, 0.2) is 11.5 Å². The fraction of sp³-hybridized carbons (Fsp3) is 0.583. The predicted molar refractivity (Wildman–Crippen MR) is 69.1 cm³/mol. The van der Waals surface area contributed by atoms with E-state index in [0.29, 0.717) is 17.0 Å². The van der Waals surface area contributed by atoms with Crippen LogP contribution in [-0.2, 0) is 0 Å². The summed E-state index contributed by atoms with van der Waals surface area (Å²) in [6.45, 7) is 4.45. The van der Waals surface area contributed by atoms with Crippen LogP contribution in [-0.4, -0.2) is 33.0 Å². The number of hydrogen-bond donors (Lipinski definition) is 2. The van der Waals surface area contributed by atoms with Gasteiger partial charge in [0.1, 0.15) is 5.52 Å². The minimum absolute atomic E-state index is 0.302. The Kier molecular flexibility index (Phi) is 1.76. The fourth-order valence-corrected chi connectivity index (χ4v) is 3.36. The van der Waals surface area contributed by atoms with Crippen LogP contribution in [0.4, 0.5) is 11.8 Å². The Morgan fingerprint density at radius 1 is 1.56 bits per heavy atom. The molecule has 2 atom stereocenters. The third-order valence-electron chi connectivity index (χ3n) is 4.59. The van der Waals surface area contributed by atoms with Crippen LogP contribution in [0.15, 0.2) is 6.33 Å². The fourth-order valence-electron chi connectivity index (χ4n) is 3.36. The molecular formula is C12H16N6. The highest BCUT2D eigenvalue weighted by molar-refractivity contribution is 5.84. The van der Waals surface area contributed by atoms with Gasteiger partial charge in [-0.15, -0.1) is 0 Å². The Bertz CT molecular complexity index is 616. The number of nitrogens with two attached hydrogens (primary N) is 1. The van der Waals surface area contributed by atoms with Crippen molar-refractivity contribution in [2.24, 2.45) is 11.3 Å². The van der Waals surface area contributed by atoms with E-state index in [1.54, 1.807) is 6.33 Å². The molecule has 2 aromatic heterocycles. The van der Waals surface area contributed by atoms with Gasteiger partial charge in [0.2, 0.25) is 5.95 Å². The van der Waals surface area contributed by atoms with Crippen molar-refractivity contribution in [2.75, 3.05) is 23.7 Å². The van der Waals surface area contributed by atoms with Crippen molar-refractivity contribution in [1.29, 1.82) is 0 Å². The molecule has 2 aromatic rings. The summed E-state index contributed by atoms with van der Waals surface area (Å²) in [7, 11) is 0. The average Bonchev–Trinajstić information content (AvgIpc) is 2.77. The van der Waals surface area contributed by atoms with Crippen molar-refractivity contribution in [3.8, 4) is 0 Å². The summed E-state index contributed by atoms with van der Waals surface area (Å²) in [5.41, 5.74) is 7.85. The first-order valence-electron chi connectivity index (χ1n) is 6.43. The van der Waals surface area contributed by atoms with E-state index in [0.717, 1.165) is 30.3 Å². The molecule has 3 heterocycles. The highest BCUT2D eigenvalue weighted by atomic mass is 15.3. The van der Waals surface area contributed by atoms with E-state index in [1.807, 2.05) is 0 Å². The second kappa shape index (κ2) is 3.13. The van der Waals surface area contributed by atoms with Crippen molar-refractivity contribution >= 4 is 22.9 Å². The van der Waals surface area contributed by atoms with Crippen LogP contribution in [0.25, 0.3) is 11.2 Å². The quantitative estimate of drug-likeness (QED) is 0.828. The van der Waals surface area contributed by atoms with Gasteiger partial charge in [-0.2, -0.15) is 9.97 Å². The zero-order valence-electron chi connectivity index (χ0n) is 10.3. The summed E-state index contributed by atoms with van der Waals surface area (Å²) >= 11 is 0. The normalized spacial score (nSPS) is 29.8.